The van der Waals surface area contributed by atoms with Crippen molar-refractivity contribution in [1.29, 1.82) is 0 Å². The Morgan fingerprint density at radius 1 is 1.27 bits per heavy atom. The van der Waals surface area contributed by atoms with Gasteiger partial charge in [0.15, 0.2) is 0 Å². The molecule has 0 aromatic heterocycles. The molecule has 0 radical (unpaired) electrons. The summed E-state index contributed by atoms with van der Waals surface area (Å²) in [6.45, 7) is 13.4. The Morgan fingerprint density at radius 3 is 2.63 bits per heavy atom. The minimum Gasteiger partial charge on any atom is -0.469 e. The van der Waals surface area contributed by atoms with E-state index in [0.29, 0.717) is 17.8 Å². The predicted molar refractivity (Wildman–Crippen MR) is 115 cm³/mol. The summed E-state index contributed by atoms with van der Waals surface area (Å²) >= 11 is 0. The maximum Gasteiger partial charge on any atom is 0.311 e. The Hall–Kier alpha value is -0.910. The summed E-state index contributed by atoms with van der Waals surface area (Å²) in [6.07, 6.45) is 8.47. The number of carbonyl (C=O) groups excluding carboxylic acids is 1. The minimum absolute atomic E-state index is 0.00455. The maximum atomic E-state index is 11.9. The van der Waals surface area contributed by atoms with E-state index in [1.54, 1.807) is 0 Å². The highest BCUT2D eigenvalue weighted by molar-refractivity contribution is 5.72. The molecule has 30 heavy (non-hydrogen) atoms. The number of fused-ring (bicyclic) bond motifs is 3. The van der Waals surface area contributed by atoms with Crippen molar-refractivity contribution in [2.45, 2.75) is 103 Å². The van der Waals surface area contributed by atoms with Gasteiger partial charge in [0.05, 0.1) is 24.7 Å². The molecule has 2 aliphatic heterocycles. The van der Waals surface area contributed by atoms with Gasteiger partial charge in [-0.2, -0.15) is 0 Å². The summed E-state index contributed by atoms with van der Waals surface area (Å²) < 4.78 is 11.9. The largest absolute Gasteiger partial charge is 0.469 e. The Kier molecular flexibility index (Phi) is 5.64. The Balaban J connectivity index is 1.52. The van der Waals surface area contributed by atoms with Gasteiger partial charge in [0.1, 0.15) is 11.7 Å². The number of rotatable bonds is 3. The number of allylic oxidation sites excluding steroid dienone is 2. The van der Waals surface area contributed by atoms with Gasteiger partial charge in [0, 0.05) is 5.41 Å². The molecule has 0 aromatic carbocycles. The Morgan fingerprint density at radius 2 is 2.00 bits per heavy atom. The van der Waals surface area contributed by atoms with E-state index in [4.69, 9.17) is 19.2 Å². The van der Waals surface area contributed by atoms with E-state index in [9.17, 15) is 4.79 Å². The van der Waals surface area contributed by atoms with Crippen molar-refractivity contribution in [2.75, 3.05) is 7.11 Å². The molecule has 1 saturated carbocycles. The molecule has 5 heteroatoms. The summed E-state index contributed by atoms with van der Waals surface area (Å²) in [5, 5.41) is 0. The van der Waals surface area contributed by atoms with Crippen LogP contribution in [0.3, 0.4) is 0 Å². The van der Waals surface area contributed by atoms with Crippen LogP contribution in [0.5, 0.6) is 0 Å². The molecule has 0 bridgehead atoms. The number of ether oxygens (including phenoxy) is 2. The van der Waals surface area contributed by atoms with Gasteiger partial charge in [0.2, 0.25) is 0 Å². The lowest BCUT2D eigenvalue weighted by molar-refractivity contribution is -0.426. The van der Waals surface area contributed by atoms with Gasteiger partial charge in [0.25, 0.3) is 0 Å². The van der Waals surface area contributed by atoms with Crippen LogP contribution in [-0.2, 0) is 24.0 Å². The SMILES string of the molecule is COC(=O)[C@@H](C)[C@@H]1CC[C@@](C)(C2CC3(C)C(C)CC4C=C(C)CCC4C3(C)O2)OO1. The molecule has 3 fully saturated rings. The summed E-state index contributed by atoms with van der Waals surface area (Å²) in [5.41, 5.74) is 1.01. The fourth-order valence-electron chi connectivity index (χ4n) is 6.92. The molecule has 0 spiro atoms. The topological polar surface area (TPSA) is 54.0 Å². The fourth-order valence-corrected chi connectivity index (χ4v) is 6.92. The van der Waals surface area contributed by atoms with Gasteiger partial charge in [-0.05, 0) is 84.0 Å². The number of carbonyl (C=O) groups is 1. The molecular formula is C25H40O5. The van der Waals surface area contributed by atoms with Crippen LogP contribution in [0.2, 0.25) is 0 Å². The second kappa shape index (κ2) is 7.60. The summed E-state index contributed by atoms with van der Waals surface area (Å²) in [6, 6.07) is 0. The third-order valence-electron chi connectivity index (χ3n) is 9.52. The zero-order chi connectivity index (χ0) is 21.9. The second-order valence-corrected chi connectivity index (χ2v) is 11.2. The molecule has 0 N–H and O–H groups in total. The molecule has 5 nitrogen and oxygen atoms in total. The molecule has 0 amide bonds. The van der Waals surface area contributed by atoms with E-state index < -0.39 is 5.60 Å². The van der Waals surface area contributed by atoms with E-state index in [0.717, 1.165) is 19.3 Å². The van der Waals surface area contributed by atoms with Crippen molar-refractivity contribution in [3.8, 4) is 0 Å². The van der Waals surface area contributed by atoms with Crippen molar-refractivity contribution < 1.29 is 24.0 Å². The molecule has 2 aliphatic carbocycles. The van der Waals surface area contributed by atoms with Gasteiger partial charge < -0.3 is 9.47 Å². The Bertz CT molecular complexity index is 708. The Labute approximate surface area is 181 Å². The second-order valence-electron chi connectivity index (χ2n) is 11.2. The smallest absolute Gasteiger partial charge is 0.311 e. The lowest BCUT2D eigenvalue weighted by atomic mass is 9.50. The highest BCUT2D eigenvalue weighted by Gasteiger charge is 2.66. The van der Waals surface area contributed by atoms with Gasteiger partial charge in [-0.15, -0.1) is 0 Å². The number of hydrogen-bond acceptors (Lipinski definition) is 5. The molecule has 4 rings (SSSR count). The zero-order valence-electron chi connectivity index (χ0n) is 19.8. The molecule has 6 unspecified atom stereocenters. The highest BCUT2D eigenvalue weighted by Crippen LogP contribution is 2.65. The van der Waals surface area contributed by atoms with E-state index in [1.165, 1.54) is 31.9 Å². The molecule has 0 aromatic rings. The zero-order valence-corrected chi connectivity index (χ0v) is 19.8. The average molecular weight is 421 g/mol. The van der Waals surface area contributed by atoms with Crippen molar-refractivity contribution >= 4 is 5.97 Å². The van der Waals surface area contributed by atoms with E-state index in [2.05, 4.69) is 40.7 Å². The fraction of sp³-hybridized carbons (Fsp3) is 0.880. The maximum absolute atomic E-state index is 11.9. The first-order valence-electron chi connectivity index (χ1n) is 11.8. The van der Waals surface area contributed by atoms with Gasteiger partial charge in [-0.3, -0.25) is 4.79 Å². The van der Waals surface area contributed by atoms with Crippen LogP contribution in [-0.4, -0.2) is 36.5 Å². The average Bonchev–Trinajstić information content (AvgIpc) is 3.01. The lowest BCUT2D eigenvalue weighted by Crippen LogP contribution is -2.57. The van der Waals surface area contributed by atoms with Crippen LogP contribution < -0.4 is 0 Å². The van der Waals surface area contributed by atoms with Crippen LogP contribution in [0.4, 0.5) is 0 Å². The number of hydrogen-bond donors (Lipinski definition) is 0. The normalized spacial score (nSPS) is 49.6. The van der Waals surface area contributed by atoms with Crippen LogP contribution in [0.25, 0.3) is 0 Å². The van der Waals surface area contributed by atoms with E-state index >= 15 is 0 Å². The first kappa shape index (κ1) is 22.3. The van der Waals surface area contributed by atoms with Gasteiger partial charge >= 0.3 is 5.97 Å². The van der Waals surface area contributed by atoms with E-state index in [-0.39, 0.29) is 35.1 Å². The van der Waals surface area contributed by atoms with Crippen molar-refractivity contribution in [2.24, 2.45) is 29.1 Å². The highest BCUT2D eigenvalue weighted by atomic mass is 17.2. The van der Waals surface area contributed by atoms with E-state index in [1.807, 2.05) is 6.92 Å². The molecule has 170 valence electrons. The van der Waals surface area contributed by atoms with Crippen LogP contribution in [0, 0.1) is 29.1 Å². The monoisotopic (exact) mass is 420 g/mol. The minimum atomic E-state index is -0.495. The molecule has 9 atom stereocenters. The van der Waals surface area contributed by atoms with Crippen LogP contribution in [0.15, 0.2) is 11.6 Å². The van der Waals surface area contributed by atoms with Crippen molar-refractivity contribution in [1.82, 2.24) is 0 Å². The first-order valence-corrected chi connectivity index (χ1v) is 11.8. The number of esters is 1. The number of methoxy groups -OCH3 is 1. The van der Waals surface area contributed by atoms with Gasteiger partial charge in [-0.25, -0.2) is 9.78 Å². The quantitative estimate of drug-likeness (QED) is 0.355. The standard InChI is InChI=1S/C25H40O5/c1-15-8-9-19-18(12-15)13-16(2)23(4)14-21(28-25(19,23)6)24(5)11-10-20(29-30-24)17(3)22(26)27-7/h12,16-21H,8-11,13-14H2,1-7H3/t16?,17-,18?,19?,20-,21?,23?,24-,25?/m0/s1. The van der Waals surface area contributed by atoms with Crippen molar-refractivity contribution in [3.05, 3.63) is 11.6 Å². The first-order chi connectivity index (χ1) is 14.0. The summed E-state index contributed by atoms with van der Waals surface area (Å²) in [5.74, 6) is 1.19. The molecular weight excluding hydrogens is 380 g/mol. The van der Waals surface area contributed by atoms with Crippen molar-refractivity contribution in [3.63, 3.8) is 0 Å². The summed E-state index contributed by atoms with van der Waals surface area (Å²) in [7, 11) is 1.42. The molecule has 2 saturated heterocycles. The van der Waals surface area contributed by atoms with Crippen LogP contribution in [0.1, 0.15) is 80.1 Å². The summed E-state index contributed by atoms with van der Waals surface area (Å²) in [4.78, 5) is 23.7. The molecule has 4 aliphatic rings. The third-order valence-corrected chi connectivity index (χ3v) is 9.52. The predicted octanol–water partition coefficient (Wildman–Crippen LogP) is 5.23. The lowest BCUT2D eigenvalue weighted by Gasteiger charge is -2.56. The third kappa shape index (κ3) is 3.27. The van der Waals surface area contributed by atoms with Crippen LogP contribution >= 0.6 is 0 Å². The van der Waals surface area contributed by atoms with Gasteiger partial charge in [-0.1, -0.05) is 25.5 Å². The molecule has 2 heterocycles.